The number of hydrogen-bond acceptors (Lipinski definition) is 7. The van der Waals surface area contributed by atoms with Gasteiger partial charge in [-0.15, -0.1) is 6.58 Å². The first kappa shape index (κ1) is 31.2. The van der Waals surface area contributed by atoms with Gasteiger partial charge in [0.15, 0.2) is 5.65 Å². The van der Waals surface area contributed by atoms with Crippen LogP contribution in [0.3, 0.4) is 0 Å². The van der Waals surface area contributed by atoms with Crippen LogP contribution in [0.4, 0.5) is 11.5 Å². The van der Waals surface area contributed by atoms with Gasteiger partial charge >= 0.3 is 0 Å². The van der Waals surface area contributed by atoms with Gasteiger partial charge in [-0.1, -0.05) is 18.2 Å². The van der Waals surface area contributed by atoms with Crippen molar-refractivity contribution in [3.8, 4) is 33.9 Å². The fraction of sp³-hybridized carbons (Fsp3) is 0.237. The zero-order chi connectivity index (χ0) is 33.6. The molecule has 48 heavy (non-hydrogen) atoms. The van der Waals surface area contributed by atoms with Gasteiger partial charge in [0.05, 0.1) is 11.2 Å². The smallest absolute Gasteiger partial charge is 0.178 e. The van der Waals surface area contributed by atoms with Crippen molar-refractivity contribution in [2.24, 2.45) is 0 Å². The van der Waals surface area contributed by atoms with Crippen LogP contribution in [0, 0.1) is 0 Å². The first-order chi connectivity index (χ1) is 23.1. The van der Waals surface area contributed by atoms with Crippen LogP contribution in [0.15, 0.2) is 79.6 Å². The van der Waals surface area contributed by atoms with E-state index in [9.17, 15) is 0 Å². The number of rotatable bonds is 10. The summed E-state index contributed by atoms with van der Waals surface area (Å²) in [6.07, 6.45) is 5.50. The lowest BCUT2D eigenvalue weighted by Gasteiger charge is -2.20. The van der Waals surface area contributed by atoms with Crippen molar-refractivity contribution in [1.82, 2.24) is 40.1 Å². The number of imidazole rings is 1. The van der Waals surface area contributed by atoms with E-state index < -0.39 is 0 Å². The summed E-state index contributed by atoms with van der Waals surface area (Å²) in [6.45, 7) is 12.9. The number of hydrogen-bond donors (Lipinski definition) is 6. The van der Waals surface area contributed by atoms with Gasteiger partial charge in [0.25, 0.3) is 0 Å². The highest BCUT2D eigenvalue weighted by atomic mass is 15.1. The van der Waals surface area contributed by atoms with Crippen LogP contribution in [0.25, 0.3) is 66.9 Å². The number of anilines is 2. The van der Waals surface area contributed by atoms with E-state index in [1.54, 1.807) is 12.4 Å². The molecule has 0 saturated heterocycles. The maximum Gasteiger partial charge on any atom is 0.178 e. The third kappa shape index (κ3) is 6.03. The molecule has 0 saturated carbocycles. The number of nitrogens with one attached hydrogen (secondary N) is 5. The fourth-order valence-corrected chi connectivity index (χ4v) is 6.32. The molecule has 2 aromatic carbocycles. The predicted octanol–water partition coefficient (Wildman–Crippen LogP) is 7.45. The molecule has 0 bridgehead atoms. The number of likely N-dealkylation sites (N-methyl/N-ethyl adjacent to an activating group) is 1. The number of H-pyrrole nitrogens is 3. The van der Waals surface area contributed by atoms with Crippen LogP contribution in [-0.4, -0.2) is 61.0 Å². The summed E-state index contributed by atoms with van der Waals surface area (Å²) in [5, 5.41) is 9.13. The van der Waals surface area contributed by atoms with E-state index in [0.717, 1.165) is 80.7 Å². The molecule has 0 radical (unpaired) electrons. The maximum absolute atomic E-state index is 6.43. The Labute approximate surface area is 279 Å². The second-order valence-electron chi connectivity index (χ2n) is 13.5. The Morgan fingerprint density at radius 1 is 0.896 bits per heavy atom. The first-order valence-corrected chi connectivity index (χ1v) is 16.2. The van der Waals surface area contributed by atoms with Crippen molar-refractivity contribution in [2.45, 2.75) is 39.4 Å². The van der Waals surface area contributed by atoms with Gasteiger partial charge < -0.3 is 31.3 Å². The molecule has 244 valence electrons. The molecule has 5 heterocycles. The summed E-state index contributed by atoms with van der Waals surface area (Å²) in [4.78, 5) is 27.2. The molecule has 7 rings (SSSR count). The number of aromatic nitrogens is 6. The van der Waals surface area contributed by atoms with Gasteiger partial charge in [-0.2, -0.15) is 0 Å². The highest BCUT2D eigenvalue weighted by Crippen LogP contribution is 2.41. The van der Waals surface area contributed by atoms with Crippen molar-refractivity contribution >= 4 is 44.5 Å². The molecule has 0 unspecified atom stereocenters. The summed E-state index contributed by atoms with van der Waals surface area (Å²) >= 11 is 0. The van der Waals surface area contributed by atoms with Gasteiger partial charge in [-0.25, -0.2) is 15.0 Å². The number of nitrogens with two attached hydrogens (primary N) is 1. The van der Waals surface area contributed by atoms with Crippen LogP contribution in [0.2, 0.25) is 0 Å². The van der Waals surface area contributed by atoms with Crippen LogP contribution in [0.5, 0.6) is 0 Å². The van der Waals surface area contributed by atoms with Gasteiger partial charge in [0.1, 0.15) is 11.6 Å². The Hall–Kier alpha value is -5.45. The van der Waals surface area contributed by atoms with Crippen molar-refractivity contribution < 1.29 is 0 Å². The average Bonchev–Trinajstić information content (AvgIpc) is 3.79. The molecule has 0 spiro atoms. The first-order valence-electron chi connectivity index (χ1n) is 16.2. The molecule has 0 aliphatic heterocycles. The van der Waals surface area contributed by atoms with E-state index in [4.69, 9.17) is 10.7 Å². The number of nitrogen functional groups attached to an aromatic ring is 1. The summed E-state index contributed by atoms with van der Waals surface area (Å²) in [5.74, 6) is 1.06. The average molecular weight is 639 g/mol. The van der Waals surface area contributed by atoms with Crippen LogP contribution in [0.1, 0.15) is 31.9 Å². The third-order valence-corrected chi connectivity index (χ3v) is 8.65. The van der Waals surface area contributed by atoms with Gasteiger partial charge in [-0.3, -0.25) is 4.90 Å². The highest BCUT2D eigenvalue weighted by Gasteiger charge is 2.22. The number of nitrogens with zero attached hydrogens (tertiary/aromatic N) is 4. The minimum atomic E-state index is 0.0490. The Kier molecular flexibility index (Phi) is 7.98. The number of pyridine rings is 2. The second kappa shape index (κ2) is 12.3. The summed E-state index contributed by atoms with van der Waals surface area (Å²) in [7, 11) is 3.95. The number of aromatic amines is 3. The maximum atomic E-state index is 6.43. The van der Waals surface area contributed by atoms with Crippen molar-refractivity contribution in [3.63, 3.8) is 0 Å². The zero-order valence-corrected chi connectivity index (χ0v) is 28.1. The molecule has 7 N–H and O–H groups in total. The van der Waals surface area contributed by atoms with Gasteiger partial charge in [-0.05, 0) is 81.4 Å². The quantitative estimate of drug-likeness (QED) is 0.0856. The molecule has 0 atom stereocenters. The standard InChI is InChI=1S/C38H42N10/c1-7-14-48(6)21-23-9-11-29-25(16-23)18-31(45-29)32-27(20-42-35(39)34(32)40-5)36-46-33-26(12-13-41-37(33)47-36)30-17-24-15-22(8-10-28(24)44-30)19-43-38(2,3)4/h7-13,15-18,20,40,43-45H,1,14,19,21H2,2-6H3,(H2,39,42)(H,41,46,47). The number of fused-ring (bicyclic) bond motifs is 3. The van der Waals surface area contributed by atoms with Gasteiger partial charge in [0.2, 0.25) is 0 Å². The van der Waals surface area contributed by atoms with E-state index in [2.05, 4.69) is 123 Å². The van der Waals surface area contributed by atoms with Crippen LogP contribution >= 0.6 is 0 Å². The van der Waals surface area contributed by atoms with Crippen LogP contribution < -0.4 is 16.4 Å². The molecule has 0 aliphatic rings. The Bertz CT molecular complexity index is 2280. The molecule has 0 amide bonds. The number of benzene rings is 2. The van der Waals surface area contributed by atoms with Gasteiger partial charge in [0, 0.05) is 94.5 Å². The minimum Gasteiger partial charge on any atom is -0.385 e. The fourth-order valence-electron chi connectivity index (χ4n) is 6.32. The monoisotopic (exact) mass is 638 g/mol. The largest absolute Gasteiger partial charge is 0.385 e. The van der Waals surface area contributed by atoms with E-state index in [0.29, 0.717) is 17.3 Å². The molecule has 5 aromatic heterocycles. The molecular formula is C38H42N10. The lowest BCUT2D eigenvalue weighted by Crippen LogP contribution is -2.35. The Morgan fingerprint density at radius 3 is 2.33 bits per heavy atom. The molecule has 0 fully saturated rings. The predicted molar refractivity (Wildman–Crippen MR) is 199 cm³/mol. The normalized spacial score (nSPS) is 12.1. The lowest BCUT2D eigenvalue weighted by atomic mass is 10.0. The minimum absolute atomic E-state index is 0.0490. The van der Waals surface area contributed by atoms with Crippen molar-refractivity contribution in [1.29, 1.82) is 0 Å². The Balaban J connectivity index is 1.29. The van der Waals surface area contributed by atoms with E-state index in [1.165, 1.54) is 11.1 Å². The highest BCUT2D eigenvalue weighted by molar-refractivity contribution is 6.00. The summed E-state index contributed by atoms with van der Waals surface area (Å²) in [5.41, 5.74) is 17.8. The molecule has 0 aliphatic carbocycles. The molecular weight excluding hydrogens is 596 g/mol. The molecule has 10 nitrogen and oxygen atoms in total. The SMILES string of the molecule is C=CCN(C)Cc1ccc2[nH]c(-c3c(-c4nc5nccc(-c6cc7cc(CNC(C)(C)C)ccc7[nH]6)c5[nH]4)cnc(N)c3NC)cc2c1. The van der Waals surface area contributed by atoms with E-state index in [1.807, 2.05) is 19.2 Å². The zero-order valence-electron chi connectivity index (χ0n) is 28.1. The second-order valence-corrected chi connectivity index (χ2v) is 13.5. The summed E-state index contributed by atoms with van der Waals surface area (Å²) in [6, 6.07) is 19.4. The molecule has 10 heteroatoms. The lowest BCUT2D eigenvalue weighted by molar-refractivity contribution is 0.364. The Morgan fingerprint density at radius 2 is 1.60 bits per heavy atom. The van der Waals surface area contributed by atoms with Crippen LogP contribution in [-0.2, 0) is 13.1 Å². The van der Waals surface area contributed by atoms with Crippen molar-refractivity contribution in [3.05, 3.63) is 90.8 Å². The summed E-state index contributed by atoms with van der Waals surface area (Å²) < 4.78 is 0. The molecule has 7 aromatic rings. The third-order valence-electron chi connectivity index (χ3n) is 8.65. The van der Waals surface area contributed by atoms with E-state index in [-0.39, 0.29) is 5.54 Å². The topological polar surface area (TPSA) is 139 Å². The van der Waals surface area contributed by atoms with E-state index >= 15 is 0 Å². The van der Waals surface area contributed by atoms with Crippen molar-refractivity contribution in [2.75, 3.05) is 31.7 Å².